The van der Waals surface area contributed by atoms with Crippen LogP contribution in [0.4, 0.5) is 5.82 Å². The molecule has 0 saturated heterocycles. The number of ether oxygens (including phenoxy) is 1. The Labute approximate surface area is 217 Å². The quantitative estimate of drug-likeness (QED) is 0.371. The van der Waals surface area contributed by atoms with Crippen molar-refractivity contribution in [2.45, 2.75) is 18.9 Å². The van der Waals surface area contributed by atoms with Crippen molar-refractivity contribution >= 4 is 39.9 Å². The van der Waals surface area contributed by atoms with Gasteiger partial charge in [0, 0.05) is 30.9 Å². The van der Waals surface area contributed by atoms with E-state index < -0.39 is 0 Å². The van der Waals surface area contributed by atoms with E-state index in [0.717, 1.165) is 40.8 Å². The highest BCUT2D eigenvalue weighted by molar-refractivity contribution is 6.34. The number of hydrogen-bond donors (Lipinski definition) is 1. The normalized spacial score (nSPS) is 16.8. The van der Waals surface area contributed by atoms with E-state index in [9.17, 15) is 4.79 Å². The van der Waals surface area contributed by atoms with E-state index in [0.29, 0.717) is 46.5 Å². The number of hydrogen-bond acceptors (Lipinski definition) is 6. The third-order valence-corrected chi connectivity index (χ3v) is 7.61. The Kier molecular flexibility index (Phi) is 4.91. The molecule has 0 spiro atoms. The fraction of sp³-hybridized carbons (Fsp3) is 0.259. The summed E-state index contributed by atoms with van der Waals surface area (Å²) in [5, 5.41) is 4.61. The maximum absolute atomic E-state index is 14.1. The summed E-state index contributed by atoms with van der Waals surface area (Å²) in [5.74, 6) is 1.52. The number of aromatic nitrogens is 5. The summed E-state index contributed by atoms with van der Waals surface area (Å²) in [7, 11) is 1.89. The summed E-state index contributed by atoms with van der Waals surface area (Å²) >= 11 is 6.68. The second-order valence-electron chi connectivity index (χ2n) is 9.85. The number of halogens is 1. The Balaban J connectivity index is 1.28. The van der Waals surface area contributed by atoms with Crippen molar-refractivity contribution in [3.8, 4) is 16.9 Å². The molecular formula is C27H24ClN7O2. The molecule has 186 valence electrons. The molecule has 1 aliphatic carbocycles. The van der Waals surface area contributed by atoms with Gasteiger partial charge in [0.1, 0.15) is 23.7 Å². The molecule has 1 atom stereocenters. The molecule has 2 aromatic carbocycles. The second kappa shape index (κ2) is 8.21. The molecule has 5 aromatic rings. The number of imidazole rings is 1. The van der Waals surface area contributed by atoms with Crippen LogP contribution in [0.5, 0.6) is 5.75 Å². The van der Waals surface area contributed by atoms with Crippen LogP contribution in [0.2, 0.25) is 5.02 Å². The van der Waals surface area contributed by atoms with Gasteiger partial charge in [0.25, 0.3) is 5.91 Å². The number of nitrogens with two attached hydrogens (primary N) is 1. The van der Waals surface area contributed by atoms with E-state index in [1.807, 2.05) is 34.8 Å². The molecular weight excluding hydrogens is 490 g/mol. The van der Waals surface area contributed by atoms with Gasteiger partial charge in [-0.2, -0.15) is 5.10 Å². The molecule has 10 heteroatoms. The SMILES string of the molecule is Cn1cc(-c2ccc3c(c2)OCC3N(CC2CC2)C(=O)c2cc3c(cc2Cl)nc(N)c2cncn23)cn1. The number of anilines is 1. The number of benzene rings is 2. The van der Waals surface area contributed by atoms with Crippen molar-refractivity contribution in [1.29, 1.82) is 0 Å². The zero-order chi connectivity index (χ0) is 25.3. The van der Waals surface area contributed by atoms with Crippen LogP contribution in [0.1, 0.15) is 34.8 Å². The zero-order valence-electron chi connectivity index (χ0n) is 20.1. The van der Waals surface area contributed by atoms with Gasteiger partial charge in [0.05, 0.1) is 46.4 Å². The topological polar surface area (TPSA) is 104 Å². The zero-order valence-corrected chi connectivity index (χ0v) is 20.9. The molecule has 37 heavy (non-hydrogen) atoms. The Morgan fingerprint density at radius 3 is 2.84 bits per heavy atom. The number of carbonyl (C=O) groups is 1. The van der Waals surface area contributed by atoms with E-state index in [4.69, 9.17) is 22.1 Å². The lowest BCUT2D eigenvalue weighted by molar-refractivity contribution is 0.0638. The molecule has 0 radical (unpaired) electrons. The van der Waals surface area contributed by atoms with Gasteiger partial charge in [-0.1, -0.05) is 23.7 Å². The van der Waals surface area contributed by atoms with Crippen LogP contribution in [0, 0.1) is 5.92 Å². The van der Waals surface area contributed by atoms with Gasteiger partial charge < -0.3 is 15.4 Å². The standard InChI is InChI=1S/C27H24ClN7O2/c1-33-12-17(9-31-33)16-4-5-18-24(13-37-25(18)6-16)34(11-15-2-3-15)27(36)19-7-22-21(8-20(19)28)32-26(29)23-10-30-14-35(22)23/h4-10,12,14-15,24H,2-3,11,13H2,1H3,(H2,29,32). The van der Waals surface area contributed by atoms with Crippen molar-refractivity contribution in [1.82, 2.24) is 29.0 Å². The van der Waals surface area contributed by atoms with Crippen LogP contribution in [0.15, 0.2) is 55.2 Å². The molecule has 0 bridgehead atoms. The van der Waals surface area contributed by atoms with Crippen LogP contribution in [0.3, 0.4) is 0 Å². The van der Waals surface area contributed by atoms with E-state index in [-0.39, 0.29) is 11.9 Å². The molecule has 1 aliphatic heterocycles. The van der Waals surface area contributed by atoms with Crippen molar-refractivity contribution in [2.75, 3.05) is 18.9 Å². The number of amides is 1. The van der Waals surface area contributed by atoms with Crippen molar-refractivity contribution < 1.29 is 9.53 Å². The van der Waals surface area contributed by atoms with Crippen molar-refractivity contribution in [2.24, 2.45) is 13.0 Å². The van der Waals surface area contributed by atoms with Gasteiger partial charge in [0.2, 0.25) is 0 Å². The summed E-state index contributed by atoms with van der Waals surface area (Å²) < 4.78 is 9.73. The maximum atomic E-state index is 14.1. The average molecular weight is 514 g/mol. The molecule has 1 saturated carbocycles. The predicted molar refractivity (Wildman–Crippen MR) is 141 cm³/mol. The monoisotopic (exact) mass is 513 g/mol. The largest absolute Gasteiger partial charge is 0.491 e. The third-order valence-electron chi connectivity index (χ3n) is 7.29. The average Bonchev–Trinajstić information content (AvgIpc) is 3.24. The lowest BCUT2D eigenvalue weighted by Crippen LogP contribution is -2.37. The third kappa shape index (κ3) is 3.69. The fourth-order valence-electron chi connectivity index (χ4n) is 5.15. The van der Waals surface area contributed by atoms with Crippen LogP contribution in [-0.2, 0) is 7.05 Å². The first-order valence-electron chi connectivity index (χ1n) is 12.2. The van der Waals surface area contributed by atoms with Crippen molar-refractivity contribution in [3.05, 3.63) is 71.4 Å². The van der Waals surface area contributed by atoms with Crippen LogP contribution >= 0.6 is 11.6 Å². The number of nitrogens with zero attached hydrogens (tertiary/aromatic N) is 6. The smallest absolute Gasteiger partial charge is 0.256 e. The van der Waals surface area contributed by atoms with Gasteiger partial charge in [-0.25, -0.2) is 9.97 Å². The Morgan fingerprint density at radius 1 is 1.19 bits per heavy atom. The number of aryl methyl sites for hydroxylation is 1. The van der Waals surface area contributed by atoms with Gasteiger partial charge in [-0.3, -0.25) is 13.9 Å². The number of carbonyl (C=O) groups excluding carboxylic acids is 1. The summed E-state index contributed by atoms with van der Waals surface area (Å²) in [6, 6.07) is 9.45. The Hall–Kier alpha value is -4.11. The number of rotatable bonds is 5. The lowest BCUT2D eigenvalue weighted by atomic mass is 10.0. The highest BCUT2D eigenvalue weighted by atomic mass is 35.5. The first kappa shape index (κ1) is 22.1. The summed E-state index contributed by atoms with van der Waals surface area (Å²) in [6.45, 7) is 1.06. The van der Waals surface area contributed by atoms with E-state index in [1.165, 1.54) is 0 Å². The van der Waals surface area contributed by atoms with E-state index >= 15 is 0 Å². The minimum Gasteiger partial charge on any atom is -0.491 e. The first-order valence-corrected chi connectivity index (χ1v) is 12.6. The number of fused-ring (bicyclic) bond motifs is 4. The second-order valence-corrected chi connectivity index (χ2v) is 10.3. The summed E-state index contributed by atoms with van der Waals surface area (Å²) in [4.78, 5) is 24.7. The van der Waals surface area contributed by atoms with Gasteiger partial charge >= 0.3 is 0 Å². The van der Waals surface area contributed by atoms with Gasteiger partial charge in [-0.05, 0) is 42.5 Å². The van der Waals surface area contributed by atoms with Gasteiger partial charge in [0.15, 0.2) is 0 Å². The molecule has 1 amide bonds. The molecule has 2 N–H and O–H groups in total. The minimum absolute atomic E-state index is 0.123. The van der Waals surface area contributed by atoms with Crippen LogP contribution in [0.25, 0.3) is 27.7 Å². The van der Waals surface area contributed by atoms with Crippen LogP contribution < -0.4 is 10.5 Å². The molecule has 3 aromatic heterocycles. The molecule has 1 unspecified atom stereocenters. The maximum Gasteiger partial charge on any atom is 0.256 e. The Bertz CT molecular complexity index is 1700. The first-order chi connectivity index (χ1) is 18.0. The Morgan fingerprint density at radius 2 is 2.05 bits per heavy atom. The number of nitrogen functional groups attached to an aromatic ring is 1. The van der Waals surface area contributed by atoms with Crippen LogP contribution in [-0.4, -0.2) is 48.1 Å². The summed E-state index contributed by atoms with van der Waals surface area (Å²) in [6.07, 6.45) is 9.37. The van der Waals surface area contributed by atoms with E-state index in [2.05, 4.69) is 27.2 Å². The molecule has 7 rings (SSSR count). The summed E-state index contributed by atoms with van der Waals surface area (Å²) in [5.41, 5.74) is 11.6. The van der Waals surface area contributed by atoms with Gasteiger partial charge in [-0.15, -0.1) is 0 Å². The van der Waals surface area contributed by atoms with E-state index in [1.54, 1.807) is 29.3 Å². The molecule has 1 fully saturated rings. The molecule has 4 heterocycles. The molecule has 9 nitrogen and oxygen atoms in total. The predicted octanol–water partition coefficient (Wildman–Crippen LogP) is 4.50. The molecule has 2 aliphatic rings. The fourth-order valence-corrected chi connectivity index (χ4v) is 5.39. The van der Waals surface area contributed by atoms with Crippen molar-refractivity contribution in [3.63, 3.8) is 0 Å². The minimum atomic E-state index is -0.199. The lowest BCUT2D eigenvalue weighted by Gasteiger charge is -2.29. The highest BCUT2D eigenvalue weighted by Crippen LogP contribution is 2.42. The highest BCUT2D eigenvalue weighted by Gasteiger charge is 2.37.